The SMILES string of the molecule is O=C([O-])c1ccc(NS(=O)(=O)c2cccc(S(=O)(=O)c3ccccc3)c2)cc1. The molecule has 1 N–H and O–H groups in total. The van der Waals surface area contributed by atoms with Crippen LogP contribution in [0.15, 0.2) is 93.5 Å². The number of sulfonamides is 1. The highest BCUT2D eigenvalue weighted by Crippen LogP contribution is 2.24. The van der Waals surface area contributed by atoms with Gasteiger partial charge < -0.3 is 9.90 Å². The molecule has 0 saturated carbocycles. The smallest absolute Gasteiger partial charge is 0.261 e. The van der Waals surface area contributed by atoms with Crippen molar-refractivity contribution in [2.24, 2.45) is 0 Å². The normalized spacial score (nSPS) is 11.7. The fourth-order valence-corrected chi connectivity index (χ4v) is 4.94. The summed E-state index contributed by atoms with van der Waals surface area (Å²) < 4.78 is 52.9. The molecule has 28 heavy (non-hydrogen) atoms. The number of benzene rings is 3. The maximum Gasteiger partial charge on any atom is 0.261 e. The molecule has 0 unspecified atom stereocenters. The van der Waals surface area contributed by atoms with Gasteiger partial charge >= 0.3 is 0 Å². The lowest BCUT2D eigenvalue weighted by molar-refractivity contribution is -0.255. The third kappa shape index (κ3) is 4.05. The van der Waals surface area contributed by atoms with Crippen molar-refractivity contribution in [2.75, 3.05) is 4.72 Å². The van der Waals surface area contributed by atoms with Gasteiger partial charge in [0.1, 0.15) is 0 Å². The number of carboxylic acids is 1. The van der Waals surface area contributed by atoms with Gasteiger partial charge in [-0.3, -0.25) is 4.72 Å². The van der Waals surface area contributed by atoms with E-state index in [0.717, 1.165) is 6.07 Å². The summed E-state index contributed by atoms with van der Waals surface area (Å²) in [5.74, 6) is -1.38. The molecule has 0 saturated heterocycles. The van der Waals surface area contributed by atoms with Crippen LogP contribution in [-0.2, 0) is 19.9 Å². The van der Waals surface area contributed by atoms with Crippen molar-refractivity contribution in [3.05, 3.63) is 84.4 Å². The van der Waals surface area contributed by atoms with Crippen molar-refractivity contribution < 1.29 is 26.7 Å². The molecule has 0 radical (unpaired) electrons. The summed E-state index contributed by atoms with van der Waals surface area (Å²) in [6.07, 6.45) is 0. The van der Waals surface area contributed by atoms with Crippen LogP contribution >= 0.6 is 0 Å². The van der Waals surface area contributed by atoms with Crippen molar-refractivity contribution in [3.63, 3.8) is 0 Å². The first-order valence-corrected chi connectivity index (χ1v) is 10.9. The maximum atomic E-state index is 12.7. The topological polar surface area (TPSA) is 120 Å². The van der Waals surface area contributed by atoms with Crippen LogP contribution in [0.1, 0.15) is 10.4 Å². The van der Waals surface area contributed by atoms with Gasteiger partial charge in [-0.05, 0) is 48.0 Å². The predicted molar refractivity (Wildman–Crippen MR) is 99.9 cm³/mol. The molecular weight excluding hydrogens is 402 g/mol. The molecule has 0 spiro atoms. The fraction of sp³-hybridized carbons (Fsp3) is 0. The zero-order valence-corrected chi connectivity index (χ0v) is 15.9. The first-order valence-electron chi connectivity index (χ1n) is 7.94. The Morgan fingerprint density at radius 2 is 1.29 bits per heavy atom. The molecule has 0 amide bonds. The van der Waals surface area contributed by atoms with Crippen LogP contribution in [0.2, 0.25) is 0 Å². The van der Waals surface area contributed by atoms with E-state index in [4.69, 9.17) is 0 Å². The van der Waals surface area contributed by atoms with Crippen LogP contribution < -0.4 is 9.83 Å². The molecule has 144 valence electrons. The fourth-order valence-electron chi connectivity index (χ4n) is 2.43. The second kappa shape index (κ2) is 7.45. The Bertz CT molecular complexity index is 1220. The van der Waals surface area contributed by atoms with Crippen molar-refractivity contribution in [1.29, 1.82) is 0 Å². The summed E-state index contributed by atoms with van der Waals surface area (Å²) in [4.78, 5) is 10.4. The maximum absolute atomic E-state index is 12.7. The van der Waals surface area contributed by atoms with Gasteiger partial charge in [0.25, 0.3) is 10.0 Å². The van der Waals surface area contributed by atoms with Gasteiger partial charge in [0.05, 0.1) is 20.7 Å². The zero-order chi connectivity index (χ0) is 20.4. The number of aromatic carboxylic acids is 1. The van der Waals surface area contributed by atoms with E-state index >= 15 is 0 Å². The second-order valence-corrected chi connectivity index (χ2v) is 9.39. The highest BCUT2D eigenvalue weighted by atomic mass is 32.2. The molecule has 0 fully saturated rings. The lowest BCUT2D eigenvalue weighted by atomic mass is 10.2. The Balaban J connectivity index is 1.93. The number of rotatable bonds is 6. The minimum absolute atomic E-state index is 0.0513. The van der Waals surface area contributed by atoms with E-state index < -0.39 is 25.8 Å². The molecule has 0 aliphatic carbocycles. The largest absolute Gasteiger partial charge is 0.545 e. The highest BCUT2D eigenvalue weighted by Gasteiger charge is 2.21. The van der Waals surface area contributed by atoms with E-state index in [9.17, 15) is 26.7 Å². The summed E-state index contributed by atoms with van der Waals surface area (Å²) in [6.45, 7) is 0. The van der Waals surface area contributed by atoms with E-state index in [-0.39, 0.29) is 25.9 Å². The van der Waals surface area contributed by atoms with Gasteiger partial charge in [0.2, 0.25) is 9.84 Å². The monoisotopic (exact) mass is 416 g/mol. The molecule has 9 heteroatoms. The van der Waals surface area contributed by atoms with E-state index in [1.807, 2.05) is 0 Å². The van der Waals surface area contributed by atoms with Crippen molar-refractivity contribution in [1.82, 2.24) is 0 Å². The molecule has 0 heterocycles. The standard InChI is InChI=1S/C19H15NO6S2/c21-19(22)14-9-11-15(12-10-14)20-28(25,26)18-8-4-7-17(13-18)27(23,24)16-5-2-1-3-6-16/h1-13,20H,(H,21,22)/p-1. The Labute approximate surface area is 162 Å². The summed E-state index contributed by atoms with van der Waals surface area (Å²) in [7, 11) is -7.96. The molecule has 0 aliphatic rings. The summed E-state index contributed by atoms with van der Waals surface area (Å²) >= 11 is 0. The Kier molecular flexibility index (Phi) is 5.21. The van der Waals surface area contributed by atoms with Crippen molar-refractivity contribution in [2.45, 2.75) is 14.7 Å². The van der Waals surface area contributed by atoms with Gasteiger partial charge in [-0.25, -0.2) is 16.8 Å². The molecule has 3 aromatic rings. The average Bonchev–Trinajstić information content (AvgIpc) is 2.69. The lowest BCUT2D eigenvalue weighted by Gasteiger charge is -2.11. The van der Waals surface area contributed by atoms with Gasteiger partial charge in [0, 0.05) is 5.69 Å². The van der Waals surface area contributed by atoms with Crippen LogP contribution in [0, 0.1) is 0 Å². The number of hydrogen-bond acceptors (Lipinski definition) is 6. The highest BCUT2D eigenvalue weighted by molar-refractivity contribution is 7.93. The number of carboxylic acid groups (broad SMARTS) is 1. The summed E-state index contributed by atoms with van der Waals surface area (Å²) in [6, 6.07) is 17.6. The molecular formula is C19H14NO6S2-. The zero-order valence-electron chi connectivity index (χ0n) is 14.3. The number of nitrogens with one attached hydrogen (secondary N) is 1. The van der Waals surface area contributed by atoms with E-state index in [1.165, 1.54) is 54.6 Å². The first kappa shape index (κ1) is 19.6. The van der Waals surface area contributed by atoms with Gasteiger partial charge in [-0.15, -0.1) is 0 Å². The minimum atomic E-state index is -4.09. The molecule has 0 atom stereocenters. The molecule has 0 aliphatic heterocycles. The van der Waals surface area contributed by atoms with Crippen LogP contribution in [0.5, 0.6) is 0 Å². The molecule has 3 rings (SSSR count). The lowest BCUT2D eigenvalue weighted by Crippen LogP contribution is -2.22. The van der Waals surface area contributed by atoms with Gasteiger partial charge in [0.15, 0.2) is 0 Å². The first-order chi connectivity index (χ1) is 13.2. The molecule has 0 aromatic heterocycles. The van der Waals surface area contributed by atoms with E-state index in [2.05, 4.69) is 4.72 Å². The Morgan fingerprint density at radius 1 is 0.714 bits per heavy atom. The minimum Gasteiger partial charge on any atom is -0.545 e. The summed E-state index contributed by atoms with van der Waals surface area (Å²) in [5.41, 5.74) is 0.0280. The van der Waals surface area contributed by atoms with Gasteiger partial charge in [-0.2, -0.15) is 0 Å². The number of anilines is 1. The van der Waals surface area contributed by atoms with E-state index in [1.54, 1.807) is 18.2 Å². The van der Waals surface area contributed by atoms with E-state index in [0.29, 0.717) is 0 Å². The number of carbonyl (C=O) groups is 1. The van der Waals surface area contributed by atoms with Crippen LogP contribution in [-0.4, -0.2) is 22.8 Å². The van der Waals surface area contributed by atoms with Crippen molar-refractivity contribution >= 4 is 31.5 Å². The third-order valence-corrected chi connectivity index (χ3v) is 7.00. The van der Waals surface area contributed by atoms with Crippen LogP contribution in [0.4, 0.5) is 5.69 Å². The Hall–Kier alpha value is -3.17. The number of hydrogen-bond donors (Lipinski definition) is 1. The number of sulfone groups is 1. The van der Waals surface area contributed by atoms with Crippen LogP contribution in [0.3, 0.4) is 0 Å². The Morgan fingerprint density at radius 3 is 1.89 bits per heavy atom. The summed E-state index contributed by atoms with van der Waals surface area (Å²) in [5, 5.41) is 10.8. The third-order valence-electron chi connectivity index (χ3n) is 3.85. The van der Waals surface area contributed by atoms with Gasteiger partial charge in [-0.1, -0.05) is 36.4 Å². The van der Waals surface area contributed by atoms with Crippen LogP contribution in [0.25, 0.3) is 0 Å². The quantitative estimate of drug-likeness (QED) is 0.653. The second-order valence-electron chi connectivity index (χ2n) is 5.76. The average molecular weight is 416 g/mol. The van der Waals surface area contributed by atoms with Crippen molar-refractivity contribution in [3.8, 4) is 0 Å². The molecule has 7 nitrogen and oxygen atoms in total. The predicted octanol–water partition coefficient (Wildman–Crippen LogP) is 1.68. The molecule has 3 aromatic carbocycles. The number of carbonyl (C=O) groups excluding carboxylic acids is 1. The molecule has 0 bridgehead atoms.